The number of rotatable bonds is 6. The largest absolute Gasteiger partial charge is 0.369 e. The molecule has 0 unspecified atom stereocenters. The van der Waals surface area contributed by atoms with Crippen molar-refractivity contribution >= 4 is 41.9 Å². The van der Waals surface area contributed by atoms with Gasteiger partial charge in [-0.2, -0.15) is 0 Å². The second-order valence-corrected chi connectivity index (χ2v) is 7.01. The van der Waals surface area contributed by atoms with Gasteiger partial charge in [-0.1, -0.05) is 30.3 Å². The lowest BCUT2D eigenvalue weighted by atomic mass is 10.1. The van der Waals surface area contributed by atoms with Crippen molar-refractivity contribution in [1.29, 1.82) is 0 Å². The third kappa shape index (κ3) is 6.56. The fourth-order valence-corrected chi connectivity index (χ4v) is 3.10. The van der Waals surface area contributed by atoms with E-state index in [4.69, 9.17) is 5.21 Å². The first-order chi connectivity index (χ1) is 14.0. The lowest BCUT2D eigenvalue weighted by Gasteiger charge is -2.34. The van der Waals surface area contributed by atoms with Gasteiger partial charge in [-0.25, -0.2) is 5.48 Å². The van der Waals surface area contributed by atoms with Crippen LogP contribution in [0.25, 0.3) is 12.2 Å². The summed E-state index contributed by atoms with van der Waals surface area (Å²) in [6, 6.07) is 15.1. The summed E-state index contributed by atoms with van der Waals surface area (Å²) >= 11 is 0. The van der Waals surface area contributed by atoms with Crippen LogP contribution in [0.3, 0.4) is 0 Å². The zero-order valence-corrected chi connectivity index (χ0v) is 17.6. The average molecular weight is 428 g/mol. The number of allylic oxidation sites excluding steroid dienone is 1. The van der Waals surface area contributed by atoms with Gasteiger partial charge in [-0.05, 0) is 54.6 Å². The van der Waals surface area contributed by atoms with Crippen LogP contribution in [0.5, 0.6) is 0 Å². The Morgan fingerprint density at radius 2 is 1.40 bits per heavy atom. The van der Waals surface area contributed by atoms with E-state index in [1.54, 1.807) is 18.2 Å². The van der Waals surface area contributed by atoms with E-state index in [1.807, 2.05) is 48.5 Å². The molecule has 2 aromatic rings. The van der Waals surface area contributed by atoms with Gasteiger partial charge in [0, 0.05) is 43.5 Å². The molecule has 2 aromatic carbocycles. The third-order valence-electron chi connectivity index (χ3n) is 4.92. The Kier molecular flexibility index (Phi) is 8.80. The van der Waals surface area contributed by atoms with Crippen molar-refractivity contribution < 1.29 is 14.8 Å². The van der Waals surface area contributed by atoms with E-state index in [0.29, 0.717) is 5.56 Å². The van der Waals surface area contributed by atoms with Crippen LogP contribution in [-0.2, 0) is 4.79 Å². The summed E-state index contributed by atoms with van der Waals surface area (Å²) < 4.78 is 0. The maximum atomic E-state index is 12.4. The fourth-order valence-electron chi connectivity index (χ4n) is 3.10. The molecule has 3 rings (SSSR count). The lowest BCUT2D eigenvalue weighted by Crippen LogP contribution is -2.44. The molecule has 0 saturated carbocycles. The van der Waals surface area contributed by atoms with Crippen LogP contribution in [0, 0.1) is 0 Å². The molecule has 0 bridgehead atoms. The van der Waals surface area contributed by atoms with Gasteiger partial charge in [0.1, 0.15) is 0 Å². The topological polar surface area (TPSA) is 72.9 Å². The molecular weight excluding hydrogens is 402 g/mol. The number of nitrogens with zero attached hydrogens (tertiary/aromatic N) is 2. The van der Waals surface area contributed by atoms with Crippen molar-refractivity contribution in [1.82, 2.24) is 10.4 Å². The number of nitrogens with one attached hydrogen (secondary N) is 1. The van der Waals surface area contributed by atoms with E-state index >= 15 is 0 Å². The van der Waals surface area contributed by atoms with Crippen LogP contribution in [-0.4, -0.2) is 55.0 Å². The first-order valence-electron chi connectivity index (χ1n) is 9.53. The first kappa shape index (κ1) is 23.3. The van der Waals surface area contributed by atoms with Gasteiger partial charge in [-0.3, -0.25) is 14.8 Å². The van der Waals surface area contributed by atoms with E-state index in [1.165, 1.54) is 11.6 Å². The molecule has 1 heterocycles. The van der Waals surface area contributed by atoms with Crippen LogP contribution in [0.1, 0.15) is 21.5 Å². The smallest absolute Gasteiger partial charge is 0.267 e. The Hall–Kier alpha value is -2.93. The number of likely N-dealkylation sites (N-methyl/N-ethyl adjacent to an activating group) is 1. The van der Waals surface area contributed by atoms with Crippen molar-refractivity contribution in [2.45, 2.75) is 0 Å². The van der Waals surface area contributed by atoms with Gasteiger partial charge in [0.25, 0.3) is 5.91 Å². The highest BCUT2D eigenvalue weighted by Crippen LogP contribution is 2.18. The summed E-state index contributed by atoms with van der Waals surface area (Å²) in [7, 11) is 2.13. The van der Waals surface area contributed by atoms with E-state index < -0.39 is 5.91 Å². The number of piperazine rings is 1. The van der Waals surface area contributed by atoms with E-state index in [-0.39, 0.29) is 18.2 Å². The molecule has 7 heteroatoms. The predicted octanol–water partition coefficient (Wildman–Crippen LogP) is 3.27. The van der Waals surface area contributed by atoms with Gasteiger partial charge >= 0.3 is 0 Å². The van der Waals surface area contributed by atoms with Crippen LogP contribution >= 0.6 is 12.4 Å². The monoisotopic (exact) mass is 427 g/mol. The van der Waals surface area contributed by atoms with E-state index in [9.17, 15) is 9.59 Å². The Bertz CT molecular complexity index is 900. The van der Waals surface area contributed by atoms with Crippen molar-refractivity contribution in [3.63, 3.8) is 0 Å². The molecule has 2 N–H and O–H groups in total. The highest BCUT2D eigenvalue weighted by atomic mass is 35.5. The SMILES string of the molecule is CN1CCN(c2ccc(C(=O)/C=C/c3ccc(/C=C/C(=O)NO)cc3)cc2)CC1.Cl. The Labute approximate surface area is 182 Å². The minimum atomic E-state index is -0.585. The average Bonchev–Trinajstić information content (AvgIpc) is 2.77. The molecule has 0 aromatic heterocycles. The zero-order valence-electron chi connectivity index (χ0n) is 16.8. The number of carbonyl (C=O) groups is 2. The number of benzene rings is 2. The maximum absolute atomic E-state index is 12.4. The predicted molar refractivity (Wildman–Crippen MR) is 122 cm³/mol. The molecule has 0 atom stereocenters. The number of carbonyl (C=O) groups excluding carboxylic acids is 2. The van der Waals surface area contributed by atoms with Gasteiger partial charge in [0.2, 0.25) is 0 Å². The minimum Gasteiger partial charge on any atom is -0.369 e. The molecule has 30 heavy (non-hydrogen) atoms. The Morgan fingerprint density at radius 1 is 0.867 bits per heavy atom. The number of ketones is 1. The molecular formula is C23H26ClN3O3. The lowest BCUT2D eigenvalue weighted by molar-refractivity contribution is -0.124. The summed E-state index contributed by atoms with van der Waals surface area (Å²) in [4.78, 5) is 28.1. The molecule has 1 aliphatic heterocycles. The van der Waals surface area contributed by atoms with E-state index in [0.717, 1.165) is 43.0 Å². The summed E-state index contributed by atoms with van der Waals surface area (Å²) in [5.74, 6) is -0.628. The molecule has 6 nitrogen and oxygen atoms in total. The van der Waals surface area contributed by atoms with Crippen LogP contribution < -0.4 is 10.4 Å². The molecule has 0 spiro atoms. The highest BCUT2D eigenvalue weighted by Gasteiger charge is 2.14. The van der Waals surface area contributed by atoms with Gasteiger partial charge < -0.3 is 9.80 Å². The summed E-state index contributed by atoms with van der Waals surface area (Å²) in [6.45, 7) is 4.10. The summed E-state index contributed by atoms with van der Waals surface area (Å²) in [5.41, 5.74) is 5.05. The second kappa shape index (κ2) is 11.3. The summed E-state index contributed by atoms with van der Waals surface area (Å²) in [6.07, 6.45) is 6.16. The molecule has 1 fully saturated rings. The molecule has 0 aliphatic carbocycles. The Balaban J connectivity index is 0.00000320. The maximum Gasteiger partial charge on any atom is 0.267 e. The number of hydrogen-bond donors (Lipinski definition) is 2. The quantitative estimate of drug-likeness (QED) is 0.320. The highest BCUT2D eigenvalue weighted by molar-refractivity contribution is 6.07. The number of amides is 1. The van der Waals surface area contributed by atoms with Crippen molar-refractivity contribution in [2.75, 3.05) is 38.1 Å². The Morgan fingerprint density at radius 3 is 1.93 bits per heavy atom. The molecule has 1 aliphatic rings. The summed E-state index contributed by atoms with van der Waals surface area (Å²) in [5, 5.41) is 8.47. The van der Waals surface area contributed by atoms with Crippen LogP contribution in [0.2, 0.25) is 0 Å². The standard InChI is InChI=1S/C23H25N3O3.ClH/c1-25-14-16-26(17-15-25)21-10-8-20(9-11-21)22(27)12-6-18-2-4-19(5-3-18)7-13-23(28)24-29;/h2-13,29H,14-17H2,1H3,(H,24,28);1H/b12-6+,13-7+;. The fraction of sp³-hybridized carbons (Fsp3) is 0.217. The van der Waals surface area contributed by atoms with Gasteiger partial charge in [0.05, 0.1) is 0 Å². The van der Waals surface area contributed by atoms with Crippen molar-refractivity contribution in [3.05, 3.63) is 77.4 Å². The van der Waals surface area contributed by atoms with Crippen LogP contribution in [0.4, 0.5) is 5.69 Å². The second-order valence-electron chi connectivity index (χ2n) is 7.01. The molecule has 1 saturated heterocycles. The van der Waals surface area contributed by atoms with Gasteiger partial charge in [0.15, 0.2) is 5.78 Å². The first-order valence-corrected chi connectivity index (χ1v) is 9.53. The van der Waals surface area contributed by atoms with Crippen molar-refractivity contribution in [3.8, 4) is 0 Å². The van der Waals surface area contributed by atoms with Gasteiger partial charge in [-0.15, -0.1) is 12.4 Å². The van der Waals surface area contributed by atoms with Crippen LogP contribution in [0.15, 0.2) is 60.7 Å². The third-order valence-corrected chi connectivity index (χ3v) is 4.92. The number of hydrogen-bond acceptors (Lipinski definition) is 5. The van der Waals surface area contributed by atoms with E-state index in [2.05, 4.69) is 16.8 Å². The normalized spacial score (nSPS) is 14.7. The van der Waals surface area contributed by atoms with Crippen molar-refractivity contribution in [2.24, 2.45) is 0 Å². The zero-order chi connectivity index (χ0) is 20.6. The molecule has 158 valence electrons. The number of halogens is 1. The molecule has 1 amide bonds. The minimum absolute atomic E-state index is 0. The molecule has 0 radical (unpaired) electrons. The number of hydroxylamine groups is 1. The number of anilines is 1.